The maximum Gasteiger partial charge on any atom is 0.441 e. The molecule has 7 heteroatoms. The molecule has 4 aromatic carbocycles. The number of esters is 1. The zero-order valence-corrected chi connectivity index (χ0v) is 19.5. The molecule has 0 aliphatic carbocycles. The van der Waals surface area contributed by atoms with E-state index in [4.69, 9.17) is 15.2 Å². The predicted molar refractivity (Wildman–Crippen MR) is 140 cm³/mol. The van der Waals surface area contributed by atoms with E-state index < -0.39 is 12.1 Å². The number of rotatable bonds is 5. The monoisotopic (exact) mass is 477 g/mol. The van der Waals surface area contributed by atoms with Gasteiger partial charge in [0.25, 0.3) is 0 Å². The van der Waals surface area contributed by atoms with Crippen LogP contribution in [0.1, 0.15) is 21.6 Å². The Morgan fingerprint density at radius 2 is 1.61 bits per heavy atom. The van der Waals surface area contributed by atoms with Crippen molar-refractivity contribution in [3.63, 3.8) is 0 Å². The highest BCUT2D eigenvalue weighted by Gasteiger charge is 2.18. The van der Waals surface area contributed by atoms with Crippen LogP contribution in [0.5, 0.6) is 5.75 Å². The van der Waals surface area contributed by atoms with Gasteiger partial charge >= 0.3 is 12.1 Å². The van der Waals surface area contributed by atoms with Gasteiger partial charge in [-0.15, -0.1) is 0 Å². The molecule has 0 aliphatic rings. The van der Waals surface area contributed by atoms with Crippen LogP contribution >= 0.6 is 0 Å². The summed E-state index contributed by atoms with van der Waals surface area (Å²) in [4.78, 5) is 28.8. The summed E-state index contributed by atoms with van der Waals surface area (Å²) in [6.45, 7) is 0.436. The molecule has 36 heavy (non-hydrogen) atoms. The van der Waals surface area contributed by atoms with E-state index >= 15 is 0 Å². The minimum atomic E-state index is -0.819. The Kier molecular flexibility index (Phi) is 6.19. The maximum absolute atomic E-state index is 12.6. The number of para-hydroxylation sites is 1. The maximum atomic E-state index is 12.6. The minimum Gasteiger partial charge on any atom is -0.464 e. The predicted octanol–water partition coefficient (Wildman–Crippen LogP) is 5.53. The van der Waals surface area contributed by atoms with E-state index in [-0.39, 0.29) is 5.84 Å². The van der Waals surface area contributed by atoms with E-state index in [1.54, 1.807) is 36.4 Å². The van der Waals surface area contributed by atoms with Gasteiger partial charge in [-0.1, -0.05) is 72.8 Å². The molecule has 0 atom stereocenters. The first-order chi connectivity index (χ1) is 17.5. The lowest BCUT2D eigenvalue weighted by atomic mass is 10.0. The fourth-order valence-electron chi connectivity index (χ4n) is 4.23. The third kappa shape index (κ3) is 4.54. The lowest BCUT2D eigenvalue weighted by Gasteiger charge is -2.13. The Hall–Kier alpha value is -4.91. The third-order valence-corrected chi connectivity index (χ3v) is 5.96. The van der Waals surface area contributed by atoms with Crippen LogP contribution in [0.4, 0.5) is 4.79 Å². The van der Waals surface area contributed by atoms with Crippen LogP contribution in [0.25, 0.3) is 21.7 Å². The molecular weight excluding hydrogens is 454 g/mol. The van der Waals surface area contributed by atoms with Crippen LogP contribution < -0.4 is 10.5 Å². The van der Waals surface area contributed by atoms with E-state index in [1.165, 1.54) is 7.11 Å². The van der Waals surface area contributed by atoms with Crippen LogP contribution in [-0.4, -0.2) is 29.6 Å². The molecule has 5 rings (SSSR count). The number of ether oxygens (including phenoxy) is 2. The summed E-state index contributed by atoms with van der Waals surface area (Å²) in [5.74, 6) is -0.0578. The van der Waals surface area contributed by atoms with Crippen molar-refractivity contribution in [2.24, 2.45) is 10.7 Å². The van der Waals surface area contributed by atoms with Gasteiger partial charge in [-0.05, 0) is 40.6 Å². The van der Waals surface area contributed by atoms with Crippen molar-refractivity contribution in [2.75, 3.05) is 7.11 Å². The first-order valence-electron chi connectivity index (χ1n) is 11.3. The molecule has 1 amide bonds. The minimum absolute atomic E-state index is 0.00959. The van der Waals surface area contributed by atoms with Crippen LogP contribution in [0.15, 0.2) is 102 Å². The summed E-state index contributed by atoms with van der Waals surface area (Å²) in [6, 6.07) is 30.0. The average Bonchev–Trinajstić information content (AvgIpc) is 3.26. The van der Waals surface area contributed by atoms with Gasteiger partial charge in [0, 0.05) is 23.0 Å². The quantitative estimate of drug-likeness (QED) is 0.204. The standard InChI is InChI=1S/C29H23N3O4/c1-35-28(33)26-16-20-14-15-21(27(30)31-29(34)36-23-11-3-2-4-12-23)17-25(20)32(26)18-22-10-7-9-19-8-5-6-13-24(19)22/h2-17H,18H2,1H3,(H2,30,31,34). The van der Waals surface area contributed by atoms with Gasteiger partial charge in [0.05, 0.1) is 7.11 Å². The zero-order valence-electron chi connectivity index (χ0n) is 19.5. The molecule has 2 N–H and O–H groups in total. The second-order valence-corrected chi connectivity index (χ2v) is 8.20. The molecule has 5 aromatic rings. The van der Waals surface area contributed by atoms with Gasteiger partial charge in [-0.25, -0.2) is 9.59 Å². The Morgan fingerprint density at radius 3 is 2.42 bits per heavy atom. The SMILES string of the molecule is COC(=O)c1cc2ccc(/C(N)=N/C(=O)Oc3ccccc3)cc2n1Cc1cccc2ccccc12. The van der Waals surface area contributed by atoms with Gasteiger partial charge in [-0.3, -0.25) is 0 Å². The number of methoxy groups -OCH3 is 1. The molecule has 178 valence electrons. The second kappa shape index (κ2) is 9.76. The molecule has 0 saturated heterocycles. The number of amides is 1. The van der Waals surface area contributed by atoms with Gasteiger partial charge in [0.2, 0.25) is 0 Å². The number of carbonyl (C=O) groups is 2. The zero-order chi connectivity index (χ0) is 25.1. The molecule has 0 aliphatic heterocycles. The van der Waals surface area contributed by atoms with Gasteiger partial charge < -0.3 is 19.8 Å². The Labute approximate surface area is 207 Å². The lowest BCUT2D eigenvalue weighted by Crippen LogP contribution is -2.17. The van der Waals surface area contributed by atoms with E-state index in [2.05, 4.69) is 23.2 Å². The first-order valence-corrected chi connectivity index (χ1v) is 11.3. The number of hydrogen-bond acceptors (Lipinski definition) is 4. The Bertz CT molecular complexity index is 1620. The van der Waals surface area contributed by atoms with Crippen molar-refractivity contribution >= 4 is 39.6 Å². The molecule has 0 bridgehead atoms. The summed E-state index contributed by atoms with van der Waals surface area (Å²) in [5.41, 5.74) is 8.91. The topological polar surface area (TPSA) is 95.9 Å². The number of hydrogen-bond donors (Lipinski definition) is 1. The number of nitrogens with zero attached hydrogens (tertiary/aromatic N) is 2. The number of carbonyl (C=O) groups excluding carboxylic acids is 2. The second-order valence-electron chi connectivity index (χ2n) is 8.20. The molecule has 0 spiro atoms. The van der Waals surface area contributed by atoms with Crippen LogP contribution in [0.2, 0.25) is 0 Å². The molecule has 0 radical (unpaired) electrons. The Morgan fingerprint density at radius 1 is 0.861 bits per heavy atom. The number of fused-ring (bicyclic) bond motifs is 2. The van der Waals surface area contributed by atoms with Crippen LogP contribution in [0, 0.1) is 0 Å². The number of benzene rings is 4. The molecule has 0 saturated carbocycles. The number of aliphatic imine (C=N–C) groups is 1. The van der Waals surface area contributed by atoms with Crippen molar-refractivity contribution in [1.82, 2.24) is 4.57 Å². The highest BCUT2D eigenvalue weighted by molar-refractivity contribution is 6.06. The van der Waals surface area contributed by atoms with Gasteiger partial charge in [-0.2, -0.15) is 4.99 Å². The van der Waals surface area contributed by atoms with Crippen molar-refractivity contribution in [3.05, 3.63) is 114 Å². The smallest absolute Gasteiger partial charge is 0.441 e. The lowest BCUT2D eigenvalue weighted by molar-refractivity contribution is 0.0589. The highest BCUT2D eigenvalue weighted by atomic mass is 16.5. The molecule has 0 fully saturated rings. The number of nitrogens with two attached hydrogens (primary N) is 1. The van der Waals surface area contributed by atoms with E-state index in [9.17, 15) is 9.59 Å². The largest absolute Gasteiger partial charge is 0.464 e. The van der Waals surface area contributed by atoms with E-state index in [0.717, 1.165) is 27.2 Å². The molecule has 1 heterocycles. The van der Waals surface area contributed by atoms with E-state index in [0.29, 0.717) is 23.6 Å². The average molecular weight is 478 g/mol. The van der Waals surface area contributed by atoms with Gasteiger partial charge in [0.1, 0.15) is 17.3 Å². The fraction of sp³-hybridized carbons (Fsp3) is 0.0690. The molecule has 0 unspecified atom stereocenters. The molecule has 7 nitrogen and oxygen atoms in total. The summed E-state index contributed by atoms with van der Waals surface area (Å²) in [7, 11) is 1.36. The Balaban J connectivity index is 1.55. The normalized spacial score (nSPS) is 11.5. The van der Waals surface area contributed by atoms with Crippen molar-refractivity contribution < 1.29 is 19.1 Å². The van der Waals surface area contributed by atoms with E-state index in [1.807, 2.05) is 47.0 Å². The van der Waals surface area contributed by atoms with Crippen molar-refractivity contribution in [3.8, 4) is 5.75 Å². The fourth-order valence-corrected chi connectivity index (χ4v) is 4.23. The highest BCUT2D eigenvalue weighted by Crippen LogP contribution is 2.26. The van der Waals surface area contributed by atoms with Gasteiger partial charge in [0.15, 0.2) is 0 Å². The molecule has 1 aromatic heterocycles. The van der Waals surface area contributed by atoms with Crippen molar-refractivity contribution in [2.45, 2.75) is 6.54 Å². The summed E-state index contributed by atoms with van der Waals surface area (Å²) in [6.07, 6.45) is -0.819. The van der Waals surface area contributed by atoms with Crippen molar-refractivity contribution in [1.29, 1.82) is 0 Å². The number of amidine groups is 1. The van der Waals surface area contributed by atoms with Crippen LogP contribution in [-0.2, 0) is 11.3 Å². The molecular formula is C29H23N3O4. The first kappa shape index (κ1) is 22.9. The summed E-state index contributed by atoms with van der Waals surface area (Å²) < 4.78 is 12.2. The number of aromatic nitrogens is 1. The van der Waals surface area contributed by atoms with Crippen LogP contribution in [0.3, 0.4) is 0 Å². The summed E-state index contributed by atoms with van der Waals surface area (Å²) in [5, 5.41) is 3.04. The third-order valence-electron chi connectivity index (χ3n) is 5.96. The summed E-state index contributed by atoms with van der Waals surface area (Å²) >= 11 is 0.